The number of hydrogen-bond donors (Lipinski definition) is 1. The summed E-state index contributed by atoms with van der Waals surface area (Å²) in [6, 6.07) is 20.8. The molecule has 152 valence electrons. The standard InChI is InChI=1S/C24H22N2O3S/c1-3-26-20-15-17(25-23(27)14-16-8-11-18(29-2)12-9-16)10-13-22(20)30-21-7-5-4-6-19(21)24(26)28/h4-13,15H,3,14H2,1-2H3,(H,25,27). The lowest BCUT2D eigenvalue weighted by molar-refractivity contribution is -0.115. The van der Waals surface area contributed by atoms with Gasteiger partial charge in [0.15, 0.2) is 0 Å². The van der Waals surface area contributed by atoms with E-state index in [9.17, 15) is 9.59 Å². The van der Waals surface area contributed by atoms with Crippen LogP contribution in [0.2, 0.25) is 0 Å². The van der Waals surface area contributed by atoms with E-state index in [1.807, 2.05) is 73.7 Å². The average molecular weight is 419 g/mol. The largest absolute Gasteiger partial charge is 0.497 e. The van der Waals surface area contributed by atoms with Gasteiger partial charge in [-0.1, -0.05) is 36.0 Å². The highest BCUT2D eigenvalue weighted by Crippen LogP contribution is 2.42. The SMILES string of the molecule is CCN1C(=O)c2ccccc2Sc2ccc(NC(=O)Cc3ccc(OC)cc3)cc21. The molecule has 0 atom stereocenters. The van der Waals surface area contributed by atoms with Crippen molar-refractivity contribution in [3.63, 3.8) is 0 Å². The van der Waals surface area contributed by atoms with Gasteiger partial charge in [0.1, 0.15) is 5.75 Å². The van der Waals surface area contributed by atoms with Crippen molar-refractivity contribution in [2.45, 2.75) is 23.1 Å². The quantitative estimate of drug-likeness (QED) is 0.633. The normalized spacial score (nSPS) is 12.6. The number of amides is 2. The Labute approximate surface area is 180 Å². The number of rotatable bonds is 5. The Morgan fingerprint density at radius 3 is 2.53 bits per heavy atom. The van der Waals surface area contributed by atoms with Gasteiger partial charge in [0, 0.05) is 22.0 Å². The third-order valence-corrected chi connectivity index (χ3v) is 6.10. The second-order valence-electron chi connectivity index (χ2n) is 6.90. The number of anilines is 2. The van der Waals surface area contributed by atoms with Crippen LogP contribution in [0.5, 0.6) is 5.75 Å². The van der Waals surface area contributed by atoms with Gasteiger partial charge in [-0.2, -0.15) is 0 Å². The molecular formula is C24H22N2O3S. The van der Waals surface area contributed by atoms with Gasteiger partial charge in [0.2, 0.25) is 5.91 Å². The summed E-state index contributed by atoms with van der Waals surface area (Å²) in [6.07, 6.45) is 0.262. The fraction of sp³-hybridized carbons (Fsp3) is 0.167. The molecule has 30 heavy (non-hydrogen) atoms. The van der Waals surface area contributed by atoms with Crippen LogP contribution >= 0.6 is 11.8 Å². The summed E-state index contributed by atoms with van der Waals surface area (Å²) in [4.78, 5) is 29.3. The summed E-state index contributed by atoms with van der Waals surface area (Å²) in [7, 11) is 1.61. The monoisotopic (exact) mass is 418 g/mol. The Hall–Kier alpha value is -3.25. The number of carbonyl (C=O) groups is 2. The molecule has 3 aromatic rings. The van der Waals surface area contributed by atoms with Crippen molar-refractivity contribution in [2.24, 2.45) is 0 Å². The van der Waals surface area contributed by atoms with Crippen LogP contribution < -0.4 is 15.0 Å². The molecule has 0 aliphatic carbocycles. The summed E-state index contributed by atoms with van der Waals surface area (Å²) < 4.78 is 5.15. The highest BCUT2D eigenvalue weighted by molar-refractivity contribution is 7.99. The van der Waals surface area contributed by atoms with Crippen LogP contribution in [0, 0.1) is 0 Å². The van der Waals surface area contributed by atoms with Gasteiger partial charge in [-0.15, -0.1) is 0 Å². The number of carbonyl (C=O) groups excluding carboxylic acids is 2. The molecular weight excluding hydrogens is 396 g/mol. The van der Waals surface area contributed by atoms with Gasteiger partial charge in [-0.3, -0.25) is 9.59 Å². The smallest absolute Gasteiger partial charge is 0.259 e. The van der Waals surface area contributed by atoms with Crippen LogP contribution in [0.1, 0.15) is 22.8 Å². The predicted octanol–water partition coefficient (Wildman–Crippen LogP) is 5.01. The van der Waals surface area contributed by atoms with Crippen LogP contribution in [-0.4, -0.2) is 25.5 Å². The molecule has 0 unspecified atom stereocenters. The number of ether oxygens (including phenoxy) is 1. The average Bonchev–Trinajstić information content (AvgIpc) is 2.88. The van der Waals surface area contributed by atoms with Gasteiger partial charge < -0.3 is 15.0 Å². The van der Waals surface area contributed by atoms with Crippen LogP contribution in [0.25, 0.3) is 0 Å². The molecule has 1 N–H and O–H groups in total. The lowest BCUT2D eigenvalue weighted by Crippen LogP contribution is -2.30. The molecule has 0 spiro atoms. The molecule has 0 saturated heterocycles. The zero-order chi connectivity index (χ0) is 21.1. The van der Waals surface area contributed by atoms with E-state index in [0.29, 0.717) is 17.8 Å². The van der Waals surface area contributed by atoms with E-state index in [2.05, 4.69) is 5.32 Å². The van der Waals surface area contributed by atoms with Crippen molar-refractivity contribution >= 4 is 35.0 Å². The van der Waals surface area contributed by atoms with Crippen LogP contribution in [0.4, 0.5) is 11.4 Å². The molecule has 1 aliphatic heterocycles. The Balaban J connectivity index is 1.56. The van der Waals surface area contributed by atoms with Crippen molar-refractivity contribution in [1.82, 2.24) is 0 Å². The summed E-state index contributed by atoms with van der Waals surface area (Å²) in [6.45, 7) is 2.50. The molecule has 0 aromatic heterocycles. The highest BCUT2D eigenvalue weighted by Gasteiger charge is 2.26. The molecule has 0 fully saturated rings. The molecule has 5 nitrogen and oxygen atoms in total. The molecule has 1 heterocycles. The van der Waals surface area contributed by atoms with E-state index < -0.39 is 0 Å². The first-order valence-corrected chi connectivity index (χ1v) is 10.6. The summed E-state index contributed by atoms with van der Waals surface area (Å²) in [5.74, 6) is 0.618. The van der Waals surface area contributed by atoms with Crippen LogP contribution in [-0.2, 0) is 11.2 Å². The molecule has 4 rings (SSSR count). The molecule has 0 radical (unpaired) electrons. The highest BCUT2D eigenvalue weighted by atomic mass is 32.2. The van der Waals surface area contributed by atoms with Crippen LogP contribution in [0.15, 0.2) is 76.5 Å². The van der Waals surface area contributed by atoms with Crippen molar-refractivity contribution in [3.05, 3.63) is 77.9 Å². The van der Waals surface area contributed by atoms with Crippen molar-refractivity contribution in [2.75, 3.05) is 23.9 Å². The van der Waals surface area contributed by atoms with E-state index in [4.69, 9.17) is 4.74 Å². The molecule has 6 heteroatoms. The van der Waals surface area contributed by atoms with Crippen molar-refractivity contribution in [3.8, 4) is 5.75 Å². The van der Waals surface area contributed by atoms with E-state index in [1.54, 1.807) is 23.8 Å². The Morgan fingerprint density at radius 1 is 1.03 bits per heavy atom. The lowest BCUT2D eigenvalue weighted by Gasteiger charge is -2.22. The topological polar surface area (TPSA) is 58.6 Å². The number of benzene rings is 3. The molecule has 1 aliphatic rings. The maximum atomic E-state index is 13.1. The first kappa shape index (κ1) is 20.0. The van der Waals surface area contributed by atoms with Gasteiger partial charge >= 0.3 is 0 Å². The molecule has 0 bridgehead atoms. The number of nitrogens with zero attached hydrogens (tertiary/aromatic N) is 1. The zero-order valence-corrected chi connectivity index (χ0v) is 17.7. The number of fused-ring (bicyclic) bond motifs is 2. The Kier molecular flexibility index (Phi) is 5.77. The minimum atomic E-state index is -0.112. The number of nitrogens with one attached hydrogen (secondary N) is 1. The van der Waals surface area contributed by atoms with Crippen molar-refractivity contribution < 1.29 is 14.3 Å². The number of methoxy groups -OCH3 is 1. The Bertz CT molecular complexity index is 1100. The predicted molar refractivity (Wildman–Crippen MR) is 120 cm³/mol. The fourth-order valence-electron chi connectivity index (χ4n) is 3.45. The second-order valence-corrected chi connectivity index (χ2v) is 7.99. The van der Waals surface area contributed by atoms with Gasteiger partial charge in [-0.05, 0) is 55.0 Å². The second kappa shape index (κ2) is 8.63. The first-order chi connectivity index (χ1) is 14.6. The molecule has 2 amide bonds. The van der Waals surface area contributed by atoms with E-state index >= 15 is 0 Å². The minimum Gasteiger partial charge on any atom is -0.497 e. The van der Waals surface area contributed by atoms with Gasteiger partial charge in [-0.25, -0.2) is 0 Å². The summed E-state index contributed by atoms with van der Waals surface area (Å²) in [5, 5.41) is 2.95. The van der Waals surface area contributed by atoms with Crippen LogP contribution in [0.3, 0.4) is 0 Å². The van der Waals surface area contributed by atoms with Gasteiger partial charge in [0.05, 0.1) is 24.8 Å². The lowest BCUT2D eigenvalue weighted by atomic mass is 10.1. The van der Waals surface area contributed by atoms with E-state index in [-0.39, 0.29) is 18.2 Å². The minimum absolute atomic E-state index is 0.0268. The Morgan fingerprint density at radius 2 is 1.80 bits per heavy atom. The van der Waals surface area contributed by atoms with E-state index in [1.165, 1.54) is 0 Å². The third kappa shape index (κ3) is 4.04. The van der Waals surface area contributed by atoms with Gasteiger partial charge in [0.25, 0.3) is 5.91 Å². The maximum Gasteiger partial charge on any atom is 0.259 e. The van der Waals surface area contributed by atoms with Crippen molar-refractivity contribution in [1.29, 1.82) is 0 Å². The summed E-state index contributed by atoms with van der Waals surface area (Å²) in [5.41, 5.74) is 3.08. The number of hydrogen-bond acceptors (Lipinski definition) is 4. The zero-order valence-electron chi connectivity index (χ0n) is 16.8. The molecule has 0 saturated carbocycles. The first-order valence-electron chi connectivity index (χ1n) is 9.74. The third-order valence-electron chi connectivity index (χ3n) is 4.96. The fourth-order valence-corrected chi connectivity index (χ4v) is 4.50. The summed E-state index contributed by atoms with van der Waals surface area (Å²) >= 11 is 1.57. The molecule has 3 aromatic carbocycles. The van der Waals surface area contributed by atoms with E-state index in [0.717, 1.165) is 26.8 Å². The maximum absolute atomic E-state index is 13.1.